The number of sulfonamides is 1. The molecule has 0 aliphatic carbocycles. The Morgan fingerprint density at radius 2 is 2.15 bits per heavy atom. The van der Waals surface area contributed by atoms with Gasteiger partial charge in [-0.1, -0.05) is 12.5 Å². The van der Waals surface area contributed by atoms with Crippen molar-refractivity contribution in [1.82, 2.24) is 14.5 Å². The Labute approximate surface area is 153 Å². The number of halogens is 1. The van der Waals surface area contributed by atoms with E-state index < -0.39 is 15.8 Å². The molecule has 0 saturated carbocycles. The molecule has 2 amide bonds. The van der Waals surface area contributed by atoms with Crippen molar-refractivity contribution in [3.63, 3.8) is 0 Å². The highest BCUT2D eigenvalue weighted by Gasteiger charge is 2.30. The average molecular weight is 385 g/mol. The summed E-state index contributed by atoms with van der Waals surface area (Å²) in [6, 6.07) is 4.02. The molecular formula is C17H24FN3O4S. The Bertz CT molecular complexity index is 771. The number of carbonyl (C=O) groups excluding carboxylic acids is 1. The monoisotopic (exact) mass is 385 g/mol. The van der Waals surface area contributed by atoms with Crippen LogP contribution in [0.25, 0.3) is 0 Å². The van der Waals surface area contributed by atoms with Gasteiger partial charge in [-0.15, -0.1) is 0 Å². The summed E-state index contributed by atoms with van der Waals surface area (Å²) >= 11 is 0. The smallest absolute Gasteiger partial charge is 0.317 e. The maximum Gasteiger partial charge on any atom is 0.317 e. The van der Waals surface area contributed by atoms with Crippen LogP contribution in [0.4, 0.5) is 9.18 Å². The quantitative estimate of drug-likeness (QED) is 0.856. The van der Waals surface area contributed by atoms with E-state index in [1.54, 1.807) is 12.1 Å². The fraction of sp³-hybridized carbons (Fsp3) is 0.588. The molecule has 0 radical (unpaired) electrons. The number of carbonyl (C=O) groups is 1. The second kappa shape index (κ2) is 7.79. The predicted molar refractivity (Wildman–Crippen MR) is 94.9 cm³/mol. The van der Waals surface area contributed by atoms with Crippen LogP contribution in [0, 0.1) is 5.82 Å². The van der Waals surface area contributed by atoms with Crippen LogP contribution < -0.4 is 10.1 Å². The van der Waals surface area contributed by atoms with Gasteiger partial charge in [0.1, 0.15) is 18.2 Å². The van der Waals surface area contributed by atoms with Gasteiger partial charge in [-0.2, -0.15) is 4.31 Å². The molecule has 3 rings (SSSR count). The van der Waals surface area contributed by atoms with Crippen molar-refractivity contribution < 1.29 is 22.3 Å². The highest BCUT2D eigenvalue weighted by molar-refractivity contribution is 7.88. The van der Waals surface area contributed by atoms with E-state index in [9.17, 15) is 17.6 Å². The van der Waals surface area contributed by atoms with E-state index in [0.717, 1.165) is 12.8 Å². The molecule has 1 saturated heterocycles. The van der Waals surface area contributed by atoms with Gasteiger partial charge in [0.05, 0.1) is 19.3 Å². The third-order valence-electron chi connectivity index (χ3n) is 4.82. The van der Waals surface area contributed by atoms with E-state index in [1.165, 1.54) is 21.5 Å². The maximum atomic E-state index is 14.0. The van der Waals surface area contributed by atoms with Crippen molar-refractivity contribution >= 4 is 16.1 Å². The Hall–Kier alpha value is -1.87. The normalized spacial score (nSPS) is 21.5. The molecule has 2 aliphatic rings. The third-order valence-corrected chi connectivity index (χ3v) is 6.15. The van der Waals surface area contributed by atoms with Crippen molar-refractivity contribution in [3.8, 4) is 5.75 Å². The van der Waals surface area contributed by atoms with Gasteiger partial charge >= 0.3 is 6.03 Å². The summed E-state index contributed by atoms with van der Waals surface area (Å²) in [5, 5.41) is 2.81. The Morgan fingerprint density at radius 3 is 2.92 bits per heavy atom. The first-order valence-electron chi connectivity index (χ1n) is 8.76. The van der Waals surface area contributed by atoms with Crippen LogP contribution in [0.1, 0.15) is 24.8 Å². The lowest BCUT2D eigenvalue weighted by atomic mass is 10.1. The molecule has 144 valence electrons. The standard InChI is InChI=1S/C17H24FN3O4S/c1-26(23,24)21-8-3-2-5-13(21)11-19-17(22)20-9-10-25-16-7-4-6-15(18)14(16)12-20/h4,6-7,13H,2-3,5,8-12H2,1H3,(H,19,22). The van der Waals surface area contributed by atoms with E-state index in [-0.39, 0.29) is 31.8 Å². The number of urea groups is 1. The van der Waals surface area contributed by atoms with Crippen LogP contribution in [0.5, 0.6) is 5.75 Å². The zero-order valence-electron chi connectivity index (χ0n) is 14.8. The predicted octanol–water partition coefficient (Wildman–Crippen LogP) is 1.54. The molecule has 1 unspecified atom stereocenters. The van der Waals surface area contributed by atoms with Crippen molar-refractivity contribution in [2.45, 2.75) is 31.8 Å². The first kappa shape index (κ1) is 18.9. The third kappa shape index (κ3) is 4.27. The molecule has 1 aromatic carbocycles. The van der Waals surface area contributed by atoms with Crippen LogP contribution in [-0.2, 0) is 16.6 Å². The topological polar surface area (TPSA) is 79.0 Å². The fourth-order valence-electron chi connectivity index (χ4n) is 3.47. The number of hydrogen-bond acceptors (Lipinski definition) is 4. The van der Waals surface area contributed by atoms with E-state index in [0.29, 0.717) is 30.8 Å². The number of ether oxygens (including phenoxy) is 1. The summed E-state index contributed by atoms with van der Waals surface area (Å²) in [5.41, 5.74) is 0.357. The SMILES string of the molecule is CS(=O)(=O)N1CCCCC1CNC(=O)N1CCOc2cccc(F)c2C1. The van der Waals surface area contributed by atoms with E-state index >= 15 is 0 Å². The van der Waals surface area contributed by atoms with Gasteiger partial charge in [-0.05, 0) is 25.0 Å². The molecule has 2 aliphatic heterocycles. The molecule has 1 atom stereocenters. The van der Waals surface area contributed by atoms with Gasteiger partial charge in [-0.3, -0.25) is 0 Å². The number of fused-ring (bicyclic) bond motifs is 1. The molecule has 2 heterocycles. The van der Waals surface area contributed by atoms with Crippen LogP contribution in [0.15, 0.2) is 18.2 Å². The second-order valence-electron chi connectivity index (χ2n) is 6.70. The summed E-state index contributed by atoms with van der Waals surface area (Å²) in [6.45, 7) is 1.46. The molecule has 9 heteroatoms. The molecule has 0 spiro atoms. The largest absolute Gasteiger partial charge is 0.491 e. The van der Waals surface area contributed by atoms with Crippen LogP contribution >= 0.6 is 0 Å². The van der Waals surface area contributed by atoms with E-state index in [1.807, 2.05) is 0 Å². The molecule has 1 fully saturated rings. The van der Waals surface area contributed by atoms with Crippen molar-refractivity contribution in [3.05, 3.63) is 29.6 Å². The lowest BCUT2D eigenvalue weighted by Gasteiger charge is -2.34. The molecule has 1 N–H and O–H groups in total. The number of amides is 2. The van der Waals surface area contributed by atoms with Gasteiger partial charge < -0.3 is 15.0 Å². The minimum absolute atomic E-state index is 0.119. The molecule has 7 nitrogen and oxygen atoms in total. The van der Waals surface area contributed by atoms with Gasteiger partial charge in [0.2, 0.25) is 10.0 Å². The summed E-state index contributed by atoms with van der Waals surface area (Å²) in [7, 11) is -3.30. The lowest BCUT2D eigenvalue weighted by Crippen LogP contribution is -2.51. The lowest BCUT2D eigenvalue weighted by molar-refractivity contribution is 0.180. The molecule has 0 bridgehead atoms. The Kier molecular flexibility index (Phi) is 5.67. The van der Waals surface area contributed by atoms with E-state index in [2.05, 4.69) is 5.32 Å². The minimum atomic E-state index is -3.30. The van der Waals surface area contributed by atoms with Crippen LogP contribution in [0.2, 0.25) is 0 Å². The van der Waals surface area contributed by atoms with Gasteiger partial charge in [0.25, 0.3) is 0 Å². The zero-order chi connectivity index (χ0) is 18.7. The first-order chi connectivity index (χ1) is 12.4. The summed E-state index contributed by atoms with van der Waals surface area (Å²) in [5.74, 6) is 0.0496. The molecule has 26 heavy (non-hydrogen) atoms. The number of nitrogens with one attached hydrogen (secondary N) is 1. The van der Waals surface area contributed by atoms with Crippen molar-refractivity contribution in [2.24, 2.45) is 0 Å². The number of nitrogens with zero attached hydrogens (tertiary/aromatic N) is 2. The fourth-order valence-corrected chi connectivity index (χ4v) is 4.65. The highest BCUT2D eigenvalue weighted by atomic mass is 32.2. The molecule has 1 aromatic rings. The van der Waals surface area contributed by atoms with Gasteiger partial charge in [0, 0.05) is 24.7 Å². The number of benzene rings is 1. The summed E-state index contributed by atoms with van der Waals surface area (Å²) in [6.07, 6.45) is 3.67. The maximum absolute atomic E-state index is 14.0. The average Bonchev–Trinajstić information content (AvgIpc) is 2.83. The Morgan fingerprint density at radius 1 is 1.35 bits per heavy atom. The first-order valence-corrected chi connectivity index (χ1v) is 10.6. The van der Waals surface area contributed by atoms with Gasteiger partial charge in [-0.25, -0.2) is 17.6 Å². The number of hydrogen-bond donors (Lipinski definition) is 1. The van der Waals surface area contributed by atoms with Crippen LogP contribution in [-0.4, -0.2) is 62.2 Å². The minimum Gasteiger partial charge on any atom is -0.491 e. The summed E-state index contributed by atoms with van der Waals surface area (Å²) < 4.78 is 44.8. The van der Waals surface area contributed by atoms with Crippen molar-refractivity contribution in [1.29, 1.82) is 0 Å². The van der Waals surface area contributed by atoms with Gasteiger partial charge in [0.15, 0.2) is 0 Å². The highest BCUT2D eigenvalue weighted by Crippen LogP contribution is 2.25. The second-order valence-corrected chi connectivity index (χ2v) is 8.63. The molecule has 0 aromatic heterocycles. The van der Waals surface area contributed by atoms with Crippen molar-refractivity contribution in [2.75, 3.05) is 32.5 Å². The van der Waals surface area contributed by atoms with Crippen LogP contribution in [0.3, 0.4) is 0 Å². The number of rotatable bonds is 3. The number of piperidine rings is 1. The molecular weight excluding hydrogens is 361 g/mol. The zero-order valence-corrected chi connectivity index (χ0v) is 15.6. The summed E-state index contributed by atoms with van der Waals surface area (Å²) in [4.78, 5) is 14.0. The Balaban J connectivity index is 1.64. The van der Waals surface area contributed by atoms with E-state index in [4.69, 9.17) is 4.74 Å².